The molecular formula is C13H19NO3S. The van der Waals surface area contributed by atoms with Crippen molar-refractivity contribution in [1.82, 2.24) is 4.31 Å². The topological polar surface area (TPSA) is 57.6 Å². The van der Waals surface area contributed by atoms with E-state index in [0.29, 0.717) is 24.3 Å². The lowest BCUT2D eigenvalue weighted by Gasteiger charge is -2.29. The first-order valence-electron chi connectivity index (χ1n) is 6.31. The maximum absolute atomic E-state index is 12.4. The highest BCUT2D eigenvalue weighted by Crippen LogP contribution is 2.21. The van der Waals surface area contributed by atoms with Gasteiger partial charge in [-0.1, -0.05) is 19.1 Å². The molecular weight excluding hydrogens is 250 g/mol. The van der Waals surface area contributed by atoms with Gasteiger partial charge in [0.25, 0.3) is 0 Å². The zero-order valence-electron chi connectivity index (χ0n) is 10.5. The quantitative estimate of drug-likeness (QED) is 0.902. The Hall–Kier alpha value is -0.910. The predicted molar refractivity (Wildman–Crippen MR) is 69.8 cm³/mol. The largest absolute Gasteiger partial charge is 0.392 e. The molecule has 0 bridgehead atoms. The molecule has 1 saturated heterocycles. The number of aryl methyl sites for hydroxylation is 1. The first kappa shape index (κ1) is 13.5. The average Bonchev–Trinajstić information content (AvgIpc) is 2.39. The second-order valence-electron chi connectivity index (χ2n) is 4.66. The summed E-state index contributed by atoms with van der Waals surface area (Å²) in [5.41, 5.74) is 1.01. The van der Waals surface area contributed by atoms with Crippen LogP contribution in [-0.4, -0.2) is 37.0 Å². The van der Waals surface area contributed by atoms with E-state index in [2.05, 4.69) is 0 Å². The highest BCUT2D eigenvalue weighted by atomic mass is 32.2. The summed E-state index contributed by atoms with van der Waals surface area (Å²) in [5.74, 6) is 0. The third-order valence-corrected chi connectivity index (χ3v) is 5.16. The number of hydrogen-bond donors (Lipinski definition) is 1. The standard InChI is InChI=1S/C13H19NO3S/c1-2-11-5-3-7-13(9-11)18(16,17)14-8-4-6-12(15)10-14/h3,5,7,9,12,15H,2,4,6,8,10H2,1H3. The lowest BCUT2D eigenvalue weighted by molar-refractivity contribution is 0.108. The van der Waals surface area contributed by atoms with Gasteiger partial charge in [-0.05, 0) is 37.0 Å². The van der Waals surface area contributed by atoms with Gasteiger partial charge in [0.1, 0.15) is 0 Å². The highest BCUT2D eigenvalue weighted by Gasteiger charge is 2.29. The number of benzene rings is 1. The van der Waals surface area contributed by atoms with E-state index in [9.17, 15) is 13.5 Å². The van der Waals surface area contributed by atoms with Gasteiger partial charge in [0.15, 0.2) is 0 Å². The molecule has 4 nitrogen and oxygen atoms in total. The molecule has 2 rings (SSSR count). The van der Waals surface area contributed by atoms with Crippen LogP contribution < -0.4 is 0 Å². The summed E-state index contributed by atoms with van der Waals surface area (Å²) < 4.78 is 26.2. The number of β-amino-alcohol motifs (C(OH)–C–C–N with tert-alkyl or cyclic N) is 1. The molecule has 1 fully saturated rings. The van der Waals surface area contributed by atoms with E-state index in [1.54, 1.807) is 18.2 Å². The first-order chi connectivity index (χ1) is 8.54. The molecule has 0 spiro atoms. The van der Waals surface area contributed by atoms with E-state index in [1.165, 1.54) is 4.31 Å². The third kappa shape index (κ3) is 2.74. The van der Waals surface area contributed by atoms with Gasteiger partial charge in [0.2, 0.25) is 10.0 Å². The Morgan fingerprint density at radius 3 is 2.89 bits per heavy atom. The molecule has 1 aromatic rings. The molecule has 1 atom stereocenters. The summed E-state index contributed by atoms with van der Waals surface area (Å²) in [6.07, 6.45) is 1.67. The lowest BCUT2D eigenvalue weighted by atomic mass is 10.1. The smallest absolute Gasteiger partial charge is 0.243 e. The number of aliphatic hydroxyl groups excluding tert-OH is 1. The van der Waals surface area contributed by atoms with Crippen LogP contribution in [0.15, 0.2) is 29.2 Å². The Morgan fingerprint density at radius 2 is 2.22 bits per heavy atom. The number of hydrogen-bond acceptors (Lipinski definition) is 3. The number of aliphatic hydroxyl groups is 1. The van der Waals surface area contributed by atoms with Crippen molar-refractivity contribution < 1.29 is 13.5 Å². The van der Waals surface area contributed by atoms with E-state index in [0.717, 1.165) is 12.0 Å². The van der Waals surface area contributed by atoms with Crippen LogP contribution in [-0.2, 0) is 16.4 Å². The van der Waals surface area contributed by atoms with Crippen molar-refractivity contribution in [3.8, 4) is 0 Å². The summed E-state index contributed by atoms with van der Waals surface area (Å²) in [6.45, 7) is 2.70. The van der Waals surface area contributed by atoms with Crippen LogP contribution in [0.4, 0.5) is 0 Å². The molecule has 1 unspecified atom stereocenters. The molecule has 1 aliphatic rings. The van der Waals surface area contributed by atoms with Crippen molar-refractivity contribution in [2.24, 2.45) is 0 Å². The number of rotatable bonds is 3. The zero-order valence-corrected chi connectivity index (χ0v) is 11.4. The SMILES string of the molecule is CCc1cccc(S(=O)(=O)N2CCCC(O)C2)c1. The summed E-state index contributed by atoms with van der Waals surface area (Å²) in [7, 11) is -3.45. The Bertz CT molecular complexity index is 513. The minimum absolute atomic E-state index is 0.207. The Labute approximate surface area is 108 Å². The van der Waals surface area contributed by atoms with Gasteiger partial charge in [-0.25, -0.2) is 8.42 Å². The molecule has 0 saturated carbocycles. The molecule has 18 heavy (non-hydrogen) atoms. The zero-order chi connectivity index (χ0) is 13.2. The molecule has 1 N–H and O–H groups in total. The van der Waals surface area contributed by atoms with Crippen LogP contribution in [0.3, 0.4) is 0 Å². The molecule has 0 aromatic heterocycles. The van der Waals surface area contributed by atoms with Crippen LogP contribution in [0.25, 0.3) is 0 Å². The van der Waals surface area contributed by atoms with Crippen LogP contribution >= 0.6 is 0 Å². The van der Waals surface area contributed by atoms with Crippen LogP contribution in [0, 0.1) is 0 Å². The maximum Gasteiger partial charge on any atom is 0.243 e. The fourth-order valence-corrected chi connectivity index (χ4v) is 3.80. The molecule has 0 amide bonds. The third-order valence-electron chi connectivity index (χ3n) is 3.30. The van der Waals surface area contributed by atoms with Crippen LogP contribution in [0.2, 0.25) is 0 Å². The predicted octanol–water partition coefficient (Wildman–Crippen LogP) is 1.39. The minimum atomic E-state index is -3.45. The number of piperidine rings is 1. The van der Waals surface area contributed by atoms with E-state index in [1.807, 2.05) is 13.0 Å². The van der Waals surface area contributed by atoms with Gasteiger partial charge in [0.05, 0.1) is 11.0 Å². The van der Waals surface area contributed by atoms with Gasteiger partial charge in [-0.15, -0.1) is 0 Å². The van der Waals surface area contributed by atoms with Crippen molar-refractivity contribution in [1.29, 1.82) is 0 Å². The van der Waals surface area contributed by atoms with Gasteiger partial charge in [0, 0.05) is 13.1 Å². The number of nitrogens with zero attached hydrogens (tertiary/aromatic N) is 1. The lowest BCUT2D eigenvalue weighted by Crippen LogP contribution is -2.42. The fraction of sp³-hybridized carbons (Fsp3) is 0.538. The monoisotopic (exact) mass is 269 g/mol. The normalized spacial score (nSPS) is 22.0. The van der Waals surface area contributed by atoms with Crippen molar-refractivity contribution in [2.45, 2.75) is 37.2 Å². The van der Waals surface area contributed by atoms with Gasteiger partial charge >= 0.3 is 0 Å². The first-order valence-corrected chi connectivity index (χ1v) is 7.75. The average molecular weight is 269 g/mol. The molecule has 1 heterocycles. The molecule has 5 heteroatoms. The van der Waals surface area contributed by atoms with E-state index < -0.39 is 16.1 Å². The fourth-order valence-electron chi connectivity index (χ4n) is 2.21. The van der Waals surface area contributed by atoms with E-state index >= 15 is 0 Å². The van der Waals surface area contributed by atoms with Gasteiger partial charge in [-0.2, -0.15) is 4.31 Å². The summed E-state index contributed by atoms with van der Waals surface area (Å²) in [6, 6.07) is 7.03. The van der Waals surface area contributed by atoms with Crippen molar-refractivity contribution >= 4 is 10.0 Å². The highest BCUT2D eigenvalue weighted by molar-refractivity contribution is 7.89. The summed E-state index contributed by atoms with van der Waals surface area (Å²) >= 11 is 0. The van der Waals surface area contributed by atoms with Crippen LogP contribution in [0.5, 0.6) is 0 Å². The summed E-state index contributed by atoms with van der Waals surface area (Å²) in [4.78, 5) is 0.330. The van der Waals surface area contributed by atoms with E-state index in [-0.39, 0.29) is 6.54 Å². The second kappa shape index (κ2) is 5.38. The van der Waals surface area contributed by atoms with Gasteiger partial charge in [-0.3, -0.25) is 0 Å². The Kier molecular flexibility index (Phi) is 4.04. The Morgan fingerprint density at radius 1 is 1.44 bits per heavy atom. The molecule has 100 valence electrons. The van der Waals surface area contributed by atoms with Crippen LogP contribution in [0.1, 0.15) is 25.3 Å². The molecule has 1 aromatic carbocycles. The molecule has 1 aliphatic heterocycles. The van der Waals surface area contributed by atoms with Crippen molar-refractivity contribution in [3.63, 3.8) is 0 Å². The number of sulfonamides is 1. The molecule has 0 radical (unpaired) electrons. The van der Waals surface area contributed by atoms with Crippen molar-refractivity contribution in [3.05, 3.63) is 29.8 Å². The van der Waals surface area contributed by atoms with Gasteiger partial charge < -0.3 is 5.11 Å². The molecule has 0 aliphatic carbocycles. The summed E-state index contributed by atoms with van der Waals surface area (Å²) in [5, 5.41) is 9.58. The van der Waals surface area contributed by atoms with Crippen molar-refractivity contribution in [2.75, 3.05) is 13.1 Å². The van der Waals surface area contributed by atoms with E-state index in [4.69, 9.17) is 0 Å². The Balaban J connectivity index is 2.29. The minimum Gasteiger partial charge on any atom is -0.392 e. The maximum atomic E-state index is 12.4. The second-order valence-corrected chi connectivity index (χ2v) is 6.60.